The van der Waals surface area contributed by atoms with E-state index in [1.54, 1.807) is 0 Å². The summed E-state index contributed by atoms with van der Waals surface area (Å²) in [5.74, 6) is -0.0672. The lowest BCUT2D eigenvalue weighted by Gasteiger charge is -2.38. The molecule has 1 N–H and O–H groups in total. The van der Waals surface area contributed by atoms with Crippen molar-refractivity contribution in [3.63, 3.8) is 0 Å². The Morgan fingerprint density at radius 2 is 2.00 bits per heavy atom. The van der Waals surface area contributed by atoms with E-state index in [1.165, 1.54) is 0 Å². The molecule has 3 nitrogen and oxygen atoms in total. The fourth-order valence-electron chi connectivity index (χ4n) is 1.74. The van der Waals surface area contributed by atoms with Crippen LogP contribution >= 0.6 is 0 Å². The van der Waals surface area contributed by atoms with Gasteiger partial charge in [0, 0.05) is 5.54 Å². The van der Waals surface area contributed by atoms with Crippen LogP contribution in [0.4, 0.5) is 0 Å². The predicted molar refractivity (Wildman–Crippen MR) is 59.0 cm³/mol. The number of amides is 1. The molecule has 1 rings (SSSR count). The third-order valence-corrected chi connectivity index (χ3v) is 3.83. The second-order valence-electron chi connectivity index (χ2n) is 4.77. The first-order valence-corrected chi connectivity index (χ1v) is 5.76. The molecule has 0 heterocycles. The van der Waals surface area contributed by atoms with Crippen molar-refractivity contribution >= 4 is 5.91 Å². The molecule has 0 bridgehead atoms. The van der Waals surface area contributed by atoms with Gasteiger partial charge in [0.15, 0.2) is 0 Å². The molecular formula is C12H20N2O. The number of carbonyl (C=O) groups is 1. The van der Waals surface area contributed by atoms with Crippen LogP contribution in [0.1, 0.15) is 52.9 Å². The molecule has 1 saturated carbocycles. The summed E-state index contributed by atoms with van der Waals surface area (Å²) >= 11 is 0. The smallest absolute Gasteiger partial charge is 0.240 e. The summed E-state index contributed by atoms with van der Waals surface area (Å²) in [6.45, 7) is 6.15. The summed E-state index contributed by atoms with van der Waals surface area (Å²) in [4.78, 5) is 12.0. The molecule has 1 aliphatic rings. The van der Waals surface area contributed by atoms with Crippen LogP contribution in [0, 0.1) is 16.7 Å². The molecule has 15 heavy (non-hydrogen) atoms. The van der Waals surface area contributed by atoms with Crippen molar-refractivity contribution < 1.29 is 4.79 Å². The van der Waals surface area contributed by atoms with E-state index >= 15 is 0 Å². The number of nitriles is 1. The molecule has 1 amide bonds. The topological polar surface area (TPSA) is 52.9 Å². The number of carbonyl (C=O) groups excluding carboxylic acids is 1. The molecule has 0 aromatic heterocycles. The molecule has 0 spiro atoms. The van der Waals surface area contributed by atoms with Gasteiger partial charge in [-0.15, -0.1) is 0 Å². The van der Waals surface area contributed by atoms with Crippen LogP contribution in [-0.2, 0) is 4.79 Å². The molecule has 84 valence electrons. The highest BCUT2D eigenvalue weighted by atomic mass is 16.2. The van der Waals surface area contributed by atoms with Gasteiger partial charge in [-0.05, 0) is 39.0 Å². The van der Waals surface area contributed by atoms with Crippen LogP contribution < -0.4 is 5.32 Å². The van der Waals surface area contributed by atoms with E-state index in [2.05, 4.69) is 25.2 Å². The zero-order valence-electron chi connectivity index (χ0n) is 9.89. The van der Waals surface area contributed by atoms with E-state index in [1.807, 2.05) is 6.92 Å². The molecule has 0 aliphatic heterocycles. The molecule has 0 aromatic rings. The minimum absolute atomic E-state index is 0.0672. The van der Waals surface area contributed by atoms with Gasteiger partial charge in [0.2, 0.25) is 5.91 Å². The standard InChI is InChI=1S/C12H20N2O/c1-4-11(3,5-2)14-10(15)12(9-13)7-6-8-12/h4-8H2,1-3H3,(H,14,15). The molecule has 1 aliphatic carbocycles. The number of nitrogens with zero attached hydrogens (tertiary/aromatic N) is 1. The van der Waals surface area contributed by atoms with Crippen molar-refractivity contribution in [2.45, 2.75) is 58.4 Å². The molecule has 0 radical (unpaired) electrons. The van der Waals surface area contributed by atoms with E-state index < -0.39 is 5.41 Å². The first-order valence-electron chi connectivity index (χ1n) is 5.76. The Morgan fingerprint density at radius 1 is 1.47 bits per heavy atom. The van der Waals surface area contributed by atoms with Gasteiger partial charge < -0.3 is 5.32 Å². The summed E-state index contributed by atoms with van der Waals surface area (Å²) in [7, 11) is 0. The van der Waals surface area contributed by atoms with Crippen molar-refractivity contribution in [2.75, 3.05) is 0 Å². The van der Waals surface area contributed by atoms with Crippen molar-refractivity contribution in [2.24, 2.45) is 5.41 Å². The van der Waals surface area contributed by atoms with Crippen molar-refractivity contribution in [3.8, 4) is 6.07 Å². The Hall–Kier alpha value is -1.04. The minimum atomic E-state index is -0.717. The van der Waals surface area contributed by atoms with Crippen LogP contribution in [0.2, 0.25) is 0 Å². The zero-order valence-corrected chi connectivity index (χ0v) is 9.89. The van der Waals surface area contributed by atoms with Crippen LogP contribution in [0.5, 0.6) is 0 Å². The predicted octanol–water partition coefficient (Wildman–Crippen LogP) is 2.38. The molecule has 1 fully saturated rings. The summed E-state index contributed by atoms with van der Waals surface area (Å²) in [5.41, 5.74) is -0.873. The van der Waals surface area contributed by atoms with Crippen molar-refractivity contribution in [1.29, 1.82) is 5.26 Å². The van der Waals surface area contributed by atoms with Crippen LogP contribution in [0.3, 0.4) is 0 Å². The van der Waals surface area contributed by atoms with Crippen molar-refractivity contribution in [3.05, 3.63) is 0 Å². The Balaban J connectivity index is 2.67. The minimum Gasteiger partial charge on any atom is -0.350 e. The second kappa shape index (κ2) is 4.22. The normalized spacial score (nSPS) is 18.8. The van der Waals surface area contributed by atoms with Crippen LogP contribution in [0.25, 0.3) is 0 Å². The van der Waals surface area contributed by atoms with E-state index in [9.17, 15) is 4.79 Å². The SMILES string of the molecule is CCC(C)(CC)NC(=O)C1(C#N)CCC1. The maximum Gasteiger partial charge on any atom is 0.240 e. The molecule has 3 heteroatoms. The van der Waals surface area contributed by atoms with Gasteiger partial charge in [0.25, 0.3) is 0 Å². The van der Waals surface area contributed by atoms with Gasteiger partial charge in [-0.3, -0.25) is 4.79 Å². The third-order valence-electron chi connectivity index (χ3n) is 3.83. The van der Waals surface area contributed by atoms with E-state index in [0.717, 1.165) is 32.1 Å². The molecule has 0 unspecified atom stereocenters. The quantitative estimate of drug-likeness (QED) is 0.771. The van der Waals surface area contributed by atoms with E-state index in [0.29, 0.717) is 0 Å². The molecule has 0 saturated heterocycles. The number of hydrogen-bond acceptors (Lipinski definition) is 2. The lowest BCUT2D eigenvalue weighted by Crippen LogP contribution is -2.53. The molecular weight excluding hydrogens is 188 g/mol. The largest absolute Gasteiger partial charge is 0.350 e. The Morgan fingerprint density at radius 3 is 2.27 bits per heavy atom. The monoisotopic (exact) mass is 208 g/mol. The number of rotatable bonds is 4. The zero-order chi connectivity index (χ0) is 11.5. The first-order chi connectivity index (χ1) is 7.02. The maximum atomic E-state index is 12.0. The van der Waals surface area contributed by atoms with Crippen LogP contribution in [-0.4, -0.2) is 11.4 Å². The average molecular weight is 208 g/mol. The molecule has 0 aromatic carbocycles. The number of hydrogen-bond donors (Lipinski definition) is 1. The summed E-state index contributed by atoms with van der Waals surface area (Å²) in [6, 6.07) is 2.17. The Labute approximate surface area is 91.9 Å². The summed E-state index contributed by atoms with van der Waals surface area (Å²) < 4.78 is 0. The van der Waals surface area contributed by atoms with Gasteiger partial charge in [-0.1, -0.05) is 13.8 Å². The second-order valence-corrected chi connectivity index (χ2v) is 4.77. The van der Waals surface area contributed by atoms with Gasteiger partial charge in [0.05, 0.1) is 6.07 Å². The summed E-state index contributed by atoms with van der Waals surface area (Å²) in [5, 5.41) is 12.1. The fraction of sp³-hybridized carbons (Fsp3) is 0.833. The number of nitrogens with one attached hydrogen (secondary N) is 1. The van der Waals surface area contributed by atoms with Gasteiger partial charge in [-0.2, -0.15) is 5.26 Å². The Bertz CT molecular complexity index is 282. The highest BCUT2D eigenvalue weighted by molar-refractivity contribution is 5.86. The lowest BCUT2D eigenvalue weighted by atomic mass is 9.69. The maximum absolute atomic E-state index is 12.0. The van der Waals surface area contributed by atoms with Gasteiger partial charge in [0.1, 0.15) is 5.41 Å². The van der Waals surface area contributed by atoms with Gasteiger partial charge in [-0.25, -0.2) is 0 Å². The van der Waals surface area contributed by atoms with Crippen molar-refractivity contribution in [1.82, 2.24) is 5.32 Å². The third kappa shape index (κ3) is 2.14. The highest BCUT2D eigenvalue weighted by Crippen LogP contribution is 2.40. The van der Waals surface area contributed by atoms with E-state index in [-0.39, 0.29) is 11.4 Å². The average Bonchev–Trinajstić information content (AvgIpc) is 2.17. The van der Waals surface area contributed by atoms with Crippen LogP contribution in [0.15, 0.2) is 0 Å². The fourth-order valence-corrected chi connectivity index (χ4v) is 1.74. The lowest BCUT2D eigenvalue weighted by molar-refractivity contribution is -0.133. The highest BCUT2D eigenvalue weighted by Gasteiger charge is 2.46. The van der Waals surface area contributed by atoms with E-state index in [4.69, 9.17) is 5.26 Å². The summed E-state index contributed by atoms with van der Waals surface area (Å²) in [6.07, 6.45) is 4.24. The molecule has 0 atom stereocenters. The first kappa shape index (κ1) is 12.0. The Kier molecular flexibility index (Phi) is 3.38. The van der Waals surface area contributed by atoms with Gasteiger partial charge >= 0.3 is 0 Å².